The van der Waals surface area contributed by atoms with Crippen LogP contribution in [0.15, 0.2) is 0 Å². The van der Waals surface area contributed by atoms with E-state index in [2.05, 4.69) is 26.8 Å². The molecule has 0 saturated heterocycles. The molecule has 1 fully saturated rings. The van der Waals surface area contributed by atoms with Gasteiger partial charge in [0.25, 0.3) is 0 Å². The Kier molecular flexibility index (Phi) is 4.80. The first-order valence-corrected chi connectivity index (χ1v) is 6.65. The smallest absolute Gasteiger partial charge is 0.0837 e. The molecule has 92 valence electrons. The second kappa shape index (κ2) is 5.68. The molecule has 16 heavy (non-hydrogen) atoms. The summed E-state index contributed by atoms with van der Waals surface area (Å²) in [6.45, 7) is 6.40. The van der Waals surface area contributed by atoms with Crippen LogP contribution in [-0.2, 0) is 0 Å². The van der Waals surface area contributed by atoms with Crippen LogP contribution in [0, 0.1) is 28.6 Å². The van der Waals surface area contributed by atoms with Gasteiger partial charge in [-0.2, -0.15) is 5.26 Å². The molecule has 0 aliphatic heterocycles. The molecule has 0 aromatic heterocycles. The van der Waals surface area contributed by atoms with Crippen LogP contribution in [0.5, 0.6) is 0 Å². The third-order valence-electron chi connectivity index (χ3n) is 4.10. The summed E-state index contributed by atoms with van der Waals surface area (Å²) in [7, 11) is 0. The SMILES string of the molecule is CCCC(C)C(O)C1(C#N)CCCC(C)C1. The number of nitriles is 1. The van der Waals surface area contributed by atoms with Gasteiger partial charge in [-0.3, -0.25) is 0 Å². The number of nitrogens with zero attached hydrogens (tertiary/aromatic N) is 1. The van der Waals surface area contributed by atoms with Gasteiger partial charge in [-0.1, -0.05) is 40.0 Å². The normalized spacial score (nSPS) is 34.1. The van der Waals surface area contributed by atoms with Gasteiger partial charge in [-0.05, 0) is 31.1 Å². The predicted molar refractivity (Wildman–Crippen MR) is 65.8 cm³/mol. The second-order valence-electron chi connectivity index (χ2n) is 5.68. The van der Waals surface area contributed by atoms with E-state index in [-0.39, 0.29) is 5.92 Å². The quantitative estimate of drug-likeness (QED) is 0.792. The summed E-state index contributed by atoms with van der Waals surface area (Å²) < 4.78 is 0. The van der Waals surface area contributed by atoms with Crippen molar-refractivity contribution in [2.24, 2.45) is 17.3 Å². The van der Waals surface area contributed by atoms with E-state index in [4.69, 9.17) is 0 Å². The van der Waals surface area contributed by atoms with Crippen molar-refractivity contribution in [3.63, 3.8) is 0 Å². The van der Waals surface area contributed by atoms with Gasteiger partial charge >= 0.3 is 0 Å². The highest BCUT2D eigenvalue weighted by atomic mass is 16.3. The fraction of sp³-hybridized carbons (Fsp3) is 0.929. The first-order valence-electron chi connectivity index (χ1n) is 6.65. The van der Waals surface area contributed by atoms with Crippen LogP contribution in [-0.4, -0.2) is 11.2 Å². The molecule has 0 aromatic carbocycles. The average molecular weight is 223 g/mol. The van der Waals surface area contributed by atoms with Crippen LogP contribution in [0.1, 0.15) is 59.3 Å². The molecule has 1 rings (SSSR count). The summed E-state index contributed by atoms with van der Waals surface area (Å²) in [6.07, 6.45) is 5.69. The van der Waals surface area contributed by atoms with Gasteiger partial charge in [0.05, 0.1) is 17.6 Å². The highest BCUT2D eigenvalue weighted by Gasteiger charge is 2.43. The lowest BCUT2D eigenvalue weighted by Gasteiger charge is -2.40. The summed E-state index contributed by atoms with van der Waals surface area (Å²) in [4.78, 5) is 0. The van der Waals surface area contributed by atoms with Crippen LogP contribution in [0.25, 0.3) is 0 Å². The van der Waals surface area contributed by atoms with Gasteiger partial charge < -0.3 is 5.11 Å². The molecule has 1 aliphatic rings. The topological polar surface area (TPSA) is 44.0 Å². The lowest BCUT2D eigenvalue weighted by molar-refractivity contribution is -0.0151. The number of rotatable bonds is 4. The van der Waals surface area contributed by atoms with Crippen molar-refractivity contribution in [1.82, 2.24) is 0 Å². The molecule has 0 bridgehead atoms. The van der Waals surface area contributed by atoms with Gasteiger partial charge in [-0.15, -0.1) is 0 Å². The number of aliphatic hydroxyl groups is 1. The maximum Gasteiger partial charge on any atom is 0.0837 e. The minimum atomic E-state index is -0.466. The Morgan fingerprint density at radius 3 is 2.75 bits per heavy atom. The lowest BCUT2D eigenvalue weighted by Crippen LogP contribution is -2.41. The molecule has 1 aliphatic carbocycles. The van der Waals surface area contributed by atoms with Crippen molar-refractivity contribution in [2.75, 3.05) is 0 Å². The minimum Gasteiger partial charge on any atom is -0.391 e. The Balaban J connectivity index is 2.75. The Hall–Kier alpha value is -0.550. The maximum atomic E-state index is 10.4. The van der Waals surface area contributed by atoms with Crippen molar-refractivity contribution < 1.29 is 5.11 Å². The van der Waals surface area contributed by atoms with E-state index in [0.29, 0.717) is 5.92 Å². The fourth-order valence-corrected chi connectivity index (χ4v) is 3.19. The Morgan fingerprint density at radius 1 is 1.56 bits per heavy atom. The Labute approximate surface area is 99.7 Å². The zero-order valence-electron chi connectivity index (χ0n) is 10.9. The molecule has 0 amide bonds. The number of aliphatic hydroxyl groups excluding tert-OH is 1. The van der Waals surface area contributed by atoms with Gasteiger partial charge in [0, 0.05) is 0 Å². The van der Waals surface area contributed by atoms with Gasteiger partial charge in [0.2, 0.25) is 0 Å². The van der Waals surface area contributed by atoms with Gasteiger partial charge in [-0.25, -0.2) is 0 Å². The molecule has 0 spiro atoms. The molecule has 0 aromatic rings. The lowest BCUT2D eigenvalue weighted by atomic mass is 9.65. The van der Waals surface area contributed by atoms with Crippen LogP contribution >= 0.6 is 0 Å². The van der Waals surface area contributed by atoms with Crippen molar-refractivity contribution in [3.05, 3.63) is 0 Å². The number of hydrogen-bond donors (Lipinski definition) is 1. The van der Waals surface area contributed by atoms with E-state index in [1.54, 1.807) is 0 Å². The zero-order chi connectivity index (χ0) is 12.2. The van der Waals surface area contributed by atoms with E-state index in [1.807, 2.05) is 0 Å². The molecule has 1 saturated carbocycles. The van der Waals surface area contributed by atoms with Crippen LogP contribution in [0.2, 0.25) is 0 Å². The molecule has 0 heterocycles. The summed E-state index contributed by atoms with van der Waals surface area (Å²) in [5.74, 6) is 0.826. The first kappa shape index (κ1) is 13.5. The molecule has 2 nitrogen and oxygen atoms in total. The molecular weight excluding hydrogens is 198 g/mol. The van der Waals surface area contributed by atoms with Crippen molar-refractivity contribution in [1.29, 1.82) is 5.26 Å². The van der Waals surface area contributed by atoms with Crippen LogP contribution in [0.3, 0.4) is 0 Å². The highest BCUT2D eigenvalue weighted by Crippen LogP contribution is 2.44. The predicted octanol–water partition coefficient (Wildman–Crippen LogP) is 3.50. The summed E-state index contributed by atoms with van der Waals surface area (Å²) in [5, 5.41) is 19.9. The molecule has 4 atom stereocenters. The van der Waals surface area contributed by atoms with E-state index in [9.17, 15) is 10.4 Å². The first-order chi connectivity index (χ1) is 7.55. The number of hydrogen-bond acceptors (Lipinski definition) is 2. The van der Waals surface area contributed by atoms with Crippen molar-refractivity contribution in [3.8, 4) is 6.07 Å². The van der Waals surface area contributed by atoms with Crippen LogP contribution in [0.4, 0.5) is 0 Å². The third-order valence-corrected chi connectivity index (χ3v) is 4.10. The van der Waals surface area contributed by atoms with Crippen LogP contribution < -0.4 is 0 Å². The van der Waals surface area contributed by atoms with Crippen molar-refractivity contribution >= 4 is 0 Å². The van der Waals surface area contributed by atoms with E-state index < -0.39 is 11.5 Å². The Bertz CT molecular complexity index is 258. The second-order valence-corrected chi connectivity index (χ2v) is 5.68. The molecule has 2 heteroatoms. The highest BCUT2D eigenvalue weighted by molar-refractivity contribution is 5.07. The van der Waals surface area contributed by atoms with E-state index in [1.165, 1.54) is 6.42 Å². The fourth-order valence-electron chi connectivity index (χ4n) is 3.19. The largest absolute Gasteiger partial charge is 0.391 e. The maximum absolute atomic E-state index is 10.4. The van der Waals surface area contributed by atoms with Gasteiger partial charge in [0.1, 0.15) is 0 Å². The van der Waals surface area contributed by atoms with E-state index >= 15 is 0 Å². The third kappa shape index (κ3) is 2.77. The zero-order valence-corrected chi connectivity index (χ0v) is 10.9. The van der Waals surface area contributed by atoms with E-state index in [0.717, 1.165) is 32.1 Å². The molecular formula is C14H25NO. The Morgan fingerprint density at radius 2 is 2.25 bits per heavy atom. The minimum absolute atomic E-state index is 0.245. The molecule has 4 unspecified atom stereocenters. The van der Waals surface area contributed by atoms with Gasteiger partial charge in [0.15, 0.2) is 0 Å². The monoisotopic (exact) mass is 223 g/mol. The summed E-state index contributed by atoms with van der Waals surface area (Å²) in [5.41, 5.74) is -0.466. The average Bonchev–Trinajstić information content (AvgIpc) is 2.28. The standard InChI is InChI=1S/C14H25NO/c1-4-6-12(3)13(16)14(10-15)8-5-7-11(2)9-14/h11-13,16H,4-9H2,1-3H3. The molecule has 0 radical (unpaired) electrons. The van der Waals surface area contributed by atoms with Crippen molar-refractivity contribution in [2.45, 2.75) is 65.4 Å². The molecule has 1 N–H and O–H groups in total. The summed E-state index contributed by atoms with van der Waals surface area (Å²) >= 11 is 0. The summed E-state index contributed by atoms with van der Waals surface area (Å²) in [6, 6.07) is 2.44.